The van der Waals surface area contributed by atoms with Gasteiger partial charge in [0, 0.05) is 0 Å². The number of carbonyl (C=O) groups excluding carboxylic acids is 1. The molecule has 1 amide bonds. The molecule has 0 aliphatic heterocycles. The molecule has 0 saturated carbocycles. The highest BCUT2D eigenvalue weighted by Gasteiger charge is 2.22. The number of nitrogens with zero attached hydrogens (tertiary/aromatic N) is 2. The Morgan fingerprint density at radius 2 is 1.76 bits per heavy atom. The lowest BCUT2D eigenvalue weighted by Gasteiger charge is -2.15. The number of hydrogen-bond acceptors (Lipinski definition) is 4. The molecule has 0 unspecified atom stereocenters. The van der Waals surface area contributed by atoms with E-state index in [2.05, 4.69) is 10.3 Å². The van der Waals surface area contributed by atoms with Crippen molar-refractivity contribution >= 4 is 22.8 Å². The van der Waals surface area contributed by atoms with Crippen LogP contribution in [0.1, 0.15) is 11.6 Å². The molecule has 7 nitrogen and oxygen atoms in total. The molecule has 0 saturated heterocycles. The summed E-state index contributed by atoms with van der Waals surface area (Å²) in [5, 5.41) is 12.2. The highest BCUT2D eigenvalue weighted by atomic mass is 16.4. The van der Waals surface area contributed by atoms with Crippen molar-refractivity contribution in [2.45, 2.75) is 12.6 Å². The summed E-state index contributed by atoms with van der Waals surface area (Å²) in [6.45, 7) is -0.312. The molecule has 0 aliphatic rings. The summed E-state index contributed by atoms with van der Waals surface area (Å²) in [7, 11) is 0. The van der Waals surface area contributed by atoms with E-state index >= 15 is 0 Å². The van der Waals surface area contributed by atoms with Crippen molar-refractivity contribution in [1.82, 2.24) is 14.9 Å². The maximum atomic E-state index is 12.4. The molecule has 2 N–H and O–H groups in total. The summed E-state index contributed by atoms with van der Waals surface area (Å²) < 4.78 is 1.15. The van der Waals surface area contributed by atoms with Gasteiger partial charge in [-0.2, -0.15) is 0 Å². The predicted molar refractivity (Wildman–Crippen MR) is 91.0 cm³/mol. The van der Waals surface area contributed by atoms with Gasteiger partial charge in [-0.1, -0.05) is 42.5 Å². The van der Waals surface area contributed by atoms with Gasteiger partial charge in [0.2, 0.25) is 5.91 Å². The third-order valence-electron chi connectivity index (χ3n) is 3.73. The highest BCUT2D eigenvalue weighted by Crippen LogP contribution is 2.12. The molecule has 7 heteroatoms. The van der Waals surface area contributed by atoms with E-state index in [9.17, 15) is 19.5 Å². The lowest BCUT2D eigenvalue weighted by Crippen LogP contribution is -2.37. The number of aromatic nitrogens is 2. The Kier molecular flexibility index (Phi) is 4.56. The number of hydrogen-bond donors (Lipinski definition) is 2. The molecule has 3 rings (SSSR count). The summed E-state index contributed by atoms with van der Waals surface area (Å²) in [6.07, 6.45) is 1.28. The Labute approximate surface area is 142 Å². The van der Waals surface area contributed by atoms with E-state index in [1.54, 1.807) is 54.6 Å². The van der Waals surface area contributed by atoms with Crippen LogP contribution in [0.15, 0.2) is 65.7 Å². The van der Waals surface area contributed by atoms with Crippen LogP contribution < -0.4 is 10.9 Å². The third kappa shape index (κ3) is 3.55. The first-order valence-corrected chi connectivity index (χ1v) is 7.57. The predicted octanol–water partition coefficient (Wildman–Crippen LogP) is 1.34. The van der Waals surface area contributed by atoms with Gasteiger partial charge in [0.15, 0.2) is 6.04 Å². The van der Waals surface area contributed by atoms with Crippen LogP contribution in [0.2, 0.25) is 0 Å². The Balaban J connectivity index is 1.81. The maximum Gasteiger partial charge on any atom is 0.330 e. The first kappa shape index (κ1) is 16.4. The fourth-order valence-electron chi connectivity index (χ4n) is 2.51. The van der Waals surface area contributed by atoms with E-state index < -0.39 is 17.9 Å². The van der Waals surface area contributed by atoms with Crippen molar-refractivity contribution in [3.8, 4) is 0 Å². The monoisotopic (exact) mass is 337 g/mol. The molecule has 0 fully saturated rings. The Morgan fingerprint density at radius 1 is 1.08 bits per heavy atom. The minimum atomic E-state index is -1.18. The Bertz CT molecular complexity index is 982. The van der Waals surface area contributed by atoms with Crippen LogP contribution in [-0.2, 0) is 16.1 Å². The van der Waals surface area contributed by atoms with E-state index in [0.29, 0.717) is 16.5 Å². The summed E-state index contributed by atoms with van der Waals surface area (Å²) in [5.41, 5.74) is 0.636. The summed E-state index contributed by atoms with van der Waals surface area (Å²) in [5.74, 6) is -1.76. The van der Waals surface area contributed by atoms with Crippen molar-refractivity contribution in [1.29, 1.82) is 0 Å². The first-order chi connectivity index (χ1) is 12.1. The van der Waals surface area contributed by atoms with Gasteiger partial charge in [-0.25, -0.2) is 9.78 Å². The molecule has 1 atom stereocenters. The smallest absolute Gasteiger partial charge is 0.330 e. The maximum absolute atomic E-state index is 12.4. The van der Waals surface area contributed by atoms with Crippen molar-refractivity contribution < 1.29 is 14.7 Å². The highest BCUT2D eigenvalue weighted by molar-refractivity contribution is 5.84. The number of carboxylic acids is 1. The SMILES string of the molecule is O=C(Cn1cnc2ccccc2c1=O)N[C@H](C(=O)O)c1ccccc1. The van der Waals surface area contributed by atoms with E-state index in [4.69, 9.17) is 0 Å². The number of aliphatic carboxylic acids is 1. The first-order valence-electron chi connectivity index (χ1n) is 7.57. The van der Waals surface area contributed by atoms with Crippen LogP contribution >= 0.6 is 0 Å². The average molecular weight is 337 g/mol. The van der Waals surface area contributed by atoms with Crippen LogP contribution in [0.25, 0.3) is 10.9 Å². The number of amides is 1. The number of rotatable bonds is 5. The van der Waals surface area contributed by atoms with Gasteiger partial charge >= 0.3 is 5.97 Å². The molecule has 0 aliphatic carbocycles. The number of fused-ring (bicyclic) bond motifs is 1. The van der Waals surface area contributed by atoms with Gasteiger partial charge in [0.1, 0.15) is 6.54 Å². The fourth-order valence-corrected chi connectivity index (χ4v) is 2.51. The standard InChI is InChI=1S/C18H15N3O4/c22-15(20-16(18(24)25)12-6-2-1-3-7-12)10-21-11-19-14-9-5-4-8-13(14)17(21)23/h1-9,11,16H,10H2,(H,20,22)(H,24,25)/t16-/m0/s1. The quantitative estimate of drug-likeness (QED) is 0.731. The van der Waals surface area contributed by atoms with Crippen LogP contribution in [0.3, 0.4) is 0 Å². The Morgan fingerprint density at radius 3 is 2.48 bits per heavy atom. The van der Waals surface area contributed by atoms with Gasteiger partial charge in [0.05, 0.1) is 17.2 Å². The zero-order chi connectivity index (χ0) is 17.8. The second-order valence-electron chi connectivity index (χ2n) is 5.44. The average Bonchev–Trinajstić information content (AvgIpc) is 2.63. The number of carboxylic acid groups (broad SMARTS) is 1. The van der Waals surface area contributed by atoms with E-state index in [1.165, 1.54) is 6.33 Å². The lowest BCUT2D eigenvalue weighted by atomic mass is 10.1. The van der Waals surface area contributed by atoms with E-state index in [1.807, 2.05) is 0 Å². The zero-order valence-corrected chi connectivity index (χ0v) is 13.1. The number of para-hydroxylation sites is 1. The van der Waals surface area contributed by atoms with Crippen molar-refractivity contribution in [3.63, 3.8) is 0 Å². The van der Waals surface area contributed by atoms with Gasteiger partial charge < -0.3 is 10.4 Å². The molecule has 25 heavy (non-hydrogen) atoms. The second kappa shape index (κ2) is 6.96. The normalized spacial score (nSPS) is 11.8. The van der Waals surface area contributed by atoms with Crippen LogP contribution in [-0.4, -0.2) is 26.5 Å². The third-order valence-corrected chi connectivity index (χ3v) is 3.73. The summed E-state index contributed by atoms with van der Waals surface area (Å²) in [6, 6.07) is 14.0. The number of benzene rings is 2. The topological polar surface area (TPSA) is 101 Å². The minimum Gasteiger partial charge on any atom is -0.479 e. The van der Waals surface area contributed by atoms with Gasteiger partial charge in [0.25, 0.3) is 5.56 Å². The summed E-state index contributed by atoms with van der Waals surface area (Å²) in [4.78, 5) is 40.2. The minimum absolute atomic E-state index is 0.312. The van der Waals surface area contributed by atoms with Crippen molar-refractivity contribution in [2.24, 2.45) is 0 Å². The molecule has 0 radical (unpaired) electrons. The number of nitrogens with one attached hydrogen (secondary N) is 1. The molecule has 1 heterocycles. The molecule has 126 valence electrons. The molecule has 1 aromatic heterocycles. The van der Waals surface area contributed by atoms with E-state index in [0.717, 1.165) is 4.57 Å². The van der Waals surface area contributed by atoms with Crippen LogP contribution in [0, 0.1) is 0 Å². The van der Waals surface area contributed by atoms with E-state index in [-0.39, 0.29) is 12.1 Å². The fraction of sp³-hybridized carbons (Fsp3) is 0.111. The Hall–Kier alpha value is -3.48. The zero-order valence-electron chi connectivity index (χ0n) is 13.1. The molecule has 3 aromatic rings. The van der Waals surface area contributed by atoms with Crippen LogP contribution in [0.5, 0.6) is 0 Å². The van der Waals surface area contributed by atoms with Gasteiger partial charge in [-0.05, 0) is 17.7 Å². The molecular weight excluding hydrogens is 322 g/mol. The summed E-state index contributed by atoms with van der Waals surface area (Å²) >= 11 is 0. The van der Waals surface area contributed by atoms with Crippen molar-refractivity contribution in [3.05, 3.63) is 76.8 Å². The van der Waals surface area contributed by atoms with Gasteiger partial charge in [-0.3, -0.25) is 14.2 Å². The van der Waals surface area contributed by atoms with Gasteiger partial charge in [-0.15, -0.1) is 0 Å². The van der Waals surface area contributed by atoms with Crippen molar-refractivity contribution in [2.75, 3.05) is 0 Å². The molecule has 0 spiro atoms. The molecule has 2 aromatic carbocycles. The number of carbonyl (C=O) groups is 2. The second-order valence-corrected chi connectivity index (χ2v) is 5.44. The molecule has 0 bridgehead atoms. The lowest BCUT2D eigenvalue weighted by molar-refractivity contribution is -0.142. The molecular formula is C18H15N3O4. The largest absolute Gasteiger partial charge is 0.479 e. The van der Waals surface area contributed by atoms with Crippen LogP contribution in [0.4, 0.5) is 0 Å².